The number of nitrogens with zero attached hydrogens (tertiary/aromatic N) is 2. The topological polar surface area (TPSA) is 29.9 Å². The molecule has 0 spiro atoms. The predicted molar refractivity (Wildman–Crippen MR) is 76.1 cm³/mol. The lowest BCUT2D eigenvalue weighted by Crippen LogP contribution is -2.13. The Morgan fingerprint density at radius 3 is 2.83 bits per heavy atom. The van der Waals surface area contributed by atoms with Crippen LogP contribution < -0.4 is 5.32 Å². The molecule has 0 unspecified atom stereocenters. The van der Waals surface area contributed by atoms with Crippen LogP contribution in [-0.4, -0.2) is 16.1 Å². The third-order valence-corrected chi connectivity index (χ3v) is 3.05. The molecule has 0 fully saturated rings. The predicted octanol–water partition coefficient (Wildman–Crippen LogP) is 3.65. The highest BCUT2D eigenvalue weighted by atomic mass is 35.5. The molecule has 3 nitrogen and oxygen atoms in total. The van der Waals surface area contributed by atoms with Gasteiger partial charge < -0.3 is 9.88 Å². The summed E-state index contributed by atoms with van der Waals surface area (Å²) in [6.07, 6.45) is 3.77. The van der Waals surface area contributed by atoms with E-state index in [-0.39, 0.29) is 0 Å². The molecule has 1 N–H and O–H groups in total. The zero-order chi connectivity index (χ0) is 13.0. The van der Waals surface area contributed by atoms with Crippen LogP contribution in [0.25, 0.3) is 0 Å². The van der Waals surface area contributed by atoms with Crippen LogP contribution in [0.1, 0.15) is 19.4 Å². The highest BCUT2D eigenvalue weighted by molar-refractivity contribution is 6.31. The van der Waals surface area contributed by atoms with E-state index in [9.17, 15) is 0 Å². The lowest BCUT2D eigenvalue weighted by Gasteiger charge is -2.12. The lowest BCUT2D eigenvalue weighted by atomic mass is 10.2. The van der Waals surface area contributed by atoms with Gasteiger partial charge in [-0.2, -0.15) is 0 Å². The summed E-state index contributed by atoms with van der Waals surface area (Å²) in [6.45, 7) is 6.00. The number of rotatable bonds is 5. The van der Waals surface area contributed by atoms with Crippen LogP contribution in [0.2, 0.25) is 5.02 Å². The fourth-order valence-corrected chi connectivity index (χ4v) is 1.90. The first-order valence-corrected chi connectivity index (χ1v) is 6.53. The summed E-state index contributed by atoms with van der Waals surface area (Å²) in [5.74, 6) is 1.49. The minimum Gasteiger partial charge on any atom is -0.355 e. The summed E-state index contributed by atoms with van der Waals surface area (Å²) in [5, 5.41) is 4.13. The molecule has 0 aliphatic heterocycles. The van der Waals surface area contributed by atoms with Gasteiger partial charge in [-0.25, -0.2) is 4.98 Å². The van der Waals surface area contributed by atoms with E-state index in [4.69, 9.17) is 11.6 Å². The van der Waals surface area contributed by atoms with Gasteiger partial charge in [0.1, 0.15) is 0 Å². The minimum atomic E-state index is 0.593. The number of hydrogen-bond donors (Lipinski definition) is 1. The summed E-state index contributed by atoms with van der Waals surface area (Å²) < 4.78 is 2.07. The fourth-order valence-electron chi connectivity index (χ4n) is 1.71. The third-order valence-electron chi connectivity index (χ3n) is 2.68. The van der Waals surface area contributed by atoms with Gasteiger partial charge in [0.15, 0.2) is 0 Å². The standard InChI is InChI=1S/C14H18ClN3/c1-11(2)9-17-14-16-7-8-18(14)10-12-5-3-4-6-13(12)15/h3-8,11H,9-10H2,1-2H3,(H,16,17). The molecule has 4 heteroatoms. The van der Waals surface area contributed by atoms with Crippen molar-refractivity contribution in [3.8, 4) is 0 Å². The van der Waals surface area contributed by atoms with Crippen LogP contribution in [0.3, 0.4) is 0 Å². The van der Waals surface area contributed by atoms with E-state index in [1.54, 1.807) is 6.20 Å². The monoisotopic (exact) mass is 263 g/mol. The third kappa shape index (κ3) is 3.26. The summed E-state index contributed by atoms with van der Waals surface area (Å²) in [5.41, 5.74) is 1.10. The van der Waals surface area contributed by atoms with Gasteiger partial charge >= 0.3 is 0 Å². The van der Waals surface area contributed by atoms with Crippen molar-refractivity contribution in [1.29, 1.82) is 0 Å². The molecule has 0 amide bonds. The van der Waals surface area contributed by atoms with Gasteiger partial charge in [-0.05, 0) is 17.5 Å². The Morgan fingerprint density at radius 1 is 1.33 bits per heavy atom. The Hall–Kier alpha value is -1.48. The second-order valence-electron chi connectivity index (χ2n) is 4.74. The van der Waals surface area contributed by atoms with Gasteiger partial charge in [0, 0.05) is 24.0 Å². The first-order chi connectivity index (χ1) is 8.66. The maximum atomic E-state index is 6.17. The van der Waals surface area contributed by atoms with Crippen LogP contribution in [0.5, 0.6) is 0 Å². The van der Waals surface area contributed by atoms with E-state index in [0.717, 1.165) is 29.6 Å². The number of anilines is 1. The van der Waals surface area contributed by atoms with Gasteiger partial charge in [-0.15, -0.1) is 0 Å². The average molecular weight is 264 g/mol. The van der Waals surface area contributed by atoms with Crippen molar-refractivity contribution in [3.63, 3.8) is 0 Å². The Balaban J connectivity index is 2.10. The normalized spacial score (nSPS) is 10.9. The fraction of sp³-hybridized carbons (Fsp3) is 0.357. The van der Waals surface area contributed by atoms with E-state index in [1.807, 2.05) is 30.5 Å². The molecule has 0 saturated heterocycles. The molecule has 0 radical (unpaired) electrons. The number of hydrogen-bond acceptors (Lipinski definition) is 2. The Bertz CT molecular complexity index is 505. The number of aromatic nitrogens is 2. The Morgan fingerprint density at radius 2 is 2.11 bits per heavy atom. The van der Waals surface area contributed by atoms with Crippen LogP contribution in [0.4, 0.5) is 5.95 Å². The van der Waals surface area contributed by atoms with Gasteiger partial charge in [-0.1, -0.05) is 43.6 Å². The van der Waals surface area contributed by atoms with Crippen molar-refractivity contribution < 1.29 is 0 Å². The highest BCUT2D eigenvalue weighted by Crippen LogP contribution is 2.18. The molecule has 1 aromatic carbocycles. The van der Waals surface area contributed by atoms with Crippen molar-refractivity contribution in [2.24, 2.45) is 5.92 Å². The molecular weight excluding hydrogens is 246 g/mol. The van der Waals surface area contributed by atoms with Crippen LogP contribution in [0, 0.1) is 5.92 Å². The van der Waals surface area contributed by atoms with Crippen molar-refractivity contribution in [1.82, 2.24) is 9.55 Å². The van der Waals surface area contributed by atoms with Gasteiger partial charge in [0.2, 0.25) is 5.95 Å². The second kappa shape index (κ2) is 5.91. The smallest absolute Gasteiger partial charge is 0.203 e. The summed E-state index contributed by atoms with van der Waals surface area (Å²) >= 11 is 6.17. The van der Waals surface area contributed by atoms with Gasteiger partial charge in [0.05, 0.1) is 6.54 Å². The zero-order valence-corrected chi connectivity index (χ0v) is 11.5. The van der Waals surface area contributed by atoms with E-state index >= 15 is 0 Å². The SMILES string of the molecule is CC(C)CNc1nccn1Cc1ccccc1Cl. The Labute approximate surface area is 113 Å². The quantitative estimate of drug-likeness (QED) is 0.892. The number of imidazole rings is 1. The van der Waals surface area contributed by atoms with Gasteiger partial charge in [-0.3, -0.25) is 0 Å². The number of benzene rings is 1. The van der Waals surface area contributed by atoms with Crippen LogP contribution in [-0.2, 0) is 6.54 Å². The van der Waals surface area contributed by atoms with E-state index in [0.29, 0.717) is 5.92 Å². The first-order valence-electron chi connectivity index (χ1n) is 6.15. The Kier molecular flexibility index (Phi) is 4.26. The molecule has 0 bridgehead atoms. The van der Waals surface area contributed by atoms with Crippen LogP contribution >= 0.6 is 11.6 Å². The van der Waals surface area contributed by atoms with E-state index in [1.165, 1.54) is 0 Å². The second-order valence-corrected chi connectivity index (χ2v) is 5.15. The highest BCUT2D eigenvalue weighted by Gasteiger charge is 2.05. The summed E-state index contributed by atoms with van der Waals surface area (Å²) in [6, 6.07) is 7.89. The first kappa shape index (κ1) is 13.0. The summed E-state index contributed by atoms with van der Waals surface area (Å²) in [4.78, 5) is 4.32. The molecule has 0 aliphatic carbocycles. The molecule has 2 rings (SSSR count). The molecule has 2 aromatic rings. The molecular formula is C14H18ClN3. The summed E-state index contributed by atoms with van der Waals surface area (Å²) in [7, 11) is 0. The van der Waals surface area contributed by atoms with Crippen molar-refractivity contribution >= 4 is 17.5 Å². The molecule has 1 heterocycles. The molecule has 1 aromatic heterocycles. The van der Waals surface area contributed by atoms with Crippen molar-refractivity contribution in [2.45, 2.75) is 20.4 Å². The molecule has 0 saturated carbocycles. The largest absolute Gasteiger partial charge is 0.355 e. The molecule has 0 aliphatic rings. The number of nitrogens with one attached hydrogen (secondary N) is 1. The molecule has 18 heavy (non-hydrogen) atoms. The van der Waals surface area contributed by atoms with E-state index in [2.05, 4.69) is 28.7 Å². The van der Waals surface area contributed by atoms with E-state index < -0.39 is 0 Å². The van der Waals surface area contributed by atoms with Crippen molar-refractivity contribution in [3.05, 3.63) is 47.2 Å². The maximum Gasteiger partial charge on any atom is 0.203 e. The van der Waals surface area contributed by atoms with Crippen LogP contribution in [0.15, 0.2) is 36.7 Å². The van der Waals surface area contributed by atoms with Gasteiger partial charge in [0.25, 0.3) is 0 Å². The molecule has 96 valence electrons. The number of halogens is 1. The lowest BCUT2D eigenvalue weighted by molar-refractivity contribution is 0.676. The average Bonchev–Trinajstić information content (AvgIpc) is 2.77. The van der Waals surface area contributed by atoms with Crippen molar-refractivity contribution in [2.75, 3.05) is 11.9 Å². The molecule has 0 atom stereocenters. The maximum absolute atomic E-state index is 6.17. The minimum absolute atomic E-state index is 0.593. The zero-order valence-electron chi connectivity index (χ0n) is 10.7.